The zero-order valence-corrected chi connectivity index (χ0v) is 12.6. The molecule has 1 aromatic rings. The van der Waals surface area contributed by atoms with E-state index in [1.54, 1.807) is 26.6 Å². The lowest BCUT2D eigenvalue weighted by molar-refractivity contribution is 0.0688. The number of nitrogens with zero attached hydrogens (tertiary/aromatic N) is 4. The molecule has 0 aromatic carbocycles. The van der Waals surface area contributed by atoms with Gasteiger partial charge in [0, 0.05) is 13.1 Å². The Morgan fingerprint density at radius 2 is 2.09 bits per heavy atom. The molecule has 0 saturated carbocycles. The van der Waals surface area contributed by atoms with Gasteiger partial charge in [-0.3, -0.25) is 4.68 Å². The van der Waals surface area contributed by atoms with E-state index < -0.39 is 5.97 Å². The van der Waals surface area contributed by atoms with E-state index in [1.165, 1.54) is 6.07 Å². The maximum atomic E-state index is 12.6. The van der Waals surface area contributed by atoms with Crippen molar-refractivity contribution in [1.82, 2.24) is 19.6 Å². The van der Waals surface area contributed by atoms with Crippen LogP contribution in [0.1, 0.15) is 23.1 Å². The fourth-order valence-corrected chi connectivity index (χ4v) is 2.50. The van der Waals surface area contributed by atoms with Crippen LogP contribution in [0.2, 0.25) is 0 Å². The Bertz CT molecular complexity index is 598. The molecule has 118 valence electrons. The molecule has 1 atom stereocenters. The molecule has 0 spiro atoms. The Kier molecular flexibility index (Phi) is 4.65. The number of fused-ring (bicyclic) bond motifs is 1. The van der Waals surface area contributed by atoms with E-state index in [4.69, 9.17) is 5.11 Å². The van der Waals surface area contributed by atoms with Crippen molar-refractivity contribution in [2.45, 2.75) is 26.1 Å². The minimum Gasteiger partial charge on any atom is -0.476 e. The standard InChI is InChI=1S/C15H20N4O3/c1-4-6-17(7-5-2)15(22)18-10-12-8-13(14(20)21)16-19(12)9-11(18)3/h4-5,8,11H,1-2,6-7,9-10H2,3H3,(H,20,21). The summed E-state index contributed by atoms with van der Waals surface area (Å²) in [6.07, 6.45) is 3.34. The fraction of sp³-hybridized carbons (Fsp3) is 0.400. The number of carbonyl (C=O) groups excluding carboxylic acids is 1. The van der Waals surface area contributed by atoms with Crippen LogP contribution in [0.5, 0.6) is 0 Å². The molecule has 0 bridgehead atoms. The molecule has 2 heterocycles. The van der Waals surface area contributed by atoms with Crippen molar-refractivity contribution in [3.05, 3.63) is 42.8 Å². The SMILES string of the molecule is C=CCN(CC=C)C(=O)N1Cc2cc(C(=O)O)nn2CC1C. The number of amides is 2. The average molecular weight is 304 g/mol. The summed E-state index contributed by atoms with van der Waals surface area (Å²) in [5.41, 5.74) is 0.728. The third kappa shape index (κ3) is 3.03. The highest BCUT2D eigenvalue weighted by atomic mass is 16.4. The third-order valence-electron chi connectivity index (χ3n) is 3.60. The highest BCUT2D eigenvalue weighted by Crippen LogP contribution is 2.20. The van der Waals surface area contributed by atoms with Crippen molar-refractivity contribution in [2.75, 3.05) is 13.1 Å². The van der Waals surface area contributed by atoms with E-state index in [0.717, 1.165) is 5.69 Å². The quantitative estimate of drug-likeness (QED) is 0.838. The van der Waals surface area contributed by atoms with E-state index in [2.05, 4.69) is 18.3 Å². The molecule has 1 unspecified atom stereocenters. The van der Waals surface area contributed by atoms with Crippen molar-refractivity contribution in [2.24, 2.45) is 0 Å². The predicted molar refractivity (Wildman–Crippen MR) is 81.6 cm³/mol. The van der Waals surface area contributed by atoms with E-state index in [0.29, 0.717) is 26.2 Å². The maximum Gasteiger partial charge on any atom is 0.356 e. The Morgan fingerprint density at radius 3 is 2.64 bits per heavy atom. The van der Waals surface area contributed by atoms with Gasteiger partial charge in [-0.15, -0.1) is 13.2 Å². The minimum atomic E-state index is -1.06. The largest absolute Gasteiger partial charge is 0.476 e. The Labute approximate surface area is 129 Å². The Hall–Kier alpha value is -2.57. The highest BCUT2D eigenvalue weighted by Gasteiger charge is 2.31. The lowest BCUT2D eigenvalue weighted by atomic mass is 10.2. The lowest BCUT2D eigenvalue weighted by Crippen LogP contribution is -2.50. The minimum absolute atomic E-state index is 0.00513. The molecule has 1 aromatic heterocycles. The van der Waals surface area contributed by atoms with Gasteiger partial charge in [-0.1, -0.05) is 12.2 Å². The van der Waals surface area contributed by atoms with Gasteiger partial charge in [0.1, 0.15) is 0 Å². The first-order valence-corrected chi connectivity index (χ1v) is 7.05. The lowest BCUT2D eigenvalue weighted by Gasteiger charge is -2.37. The smallest absolute Gasteiger partial charge is 0.356 e. The van der Waals surface area contributed by atoms with Gasteiger partial charge in [-0.2, -0.15) is 5.10 Å². The molecule has 0 radical (unpaired) electrons. The monoisotopic (exact) mass is 304 g/mol. The molecular weight excluding hydrogens is 284 g/mol. The summed E-state index contributed by atoms with van der Waals surface area (Å²) in [5.74, 6) is -1.06. The van der Waals surface area contributed by atoms with Crippen LogP contribution in [-0.4, -0.2) is 55.8 Å². The number of hydrogen-bond acceptors (Lipinski definition) is 3. The van der Waals surface area contributed by atoms with Crippen molar-refractivity contribution in [3.8, 4) is 0 Å². The zero-order valence-electron chi connectivity index (χ0n) is 12.6. The van der Waals surface area contributed by atoms with Crippen LogP contribution in [0.25, 0.3) is 0 Å². The van der Waals surface area contributed by atoms with Crippen LogP contribution < -0.4 is 0 Å². The molecule has 0 saturated heterocycles. The summed E-state index contributed by atoms with van der Waals surface area (Å²) < 4.78 is 1.66. The summed E-state index contributed by atoms with van der Waals surface area (Å²) >= 11 is 0. The van der Waals surface area contributed by atoms with Crippen molar-refractivity contribution in [1.29, 1.82) is 0 Å². The molecule has 0 fully saturated rings. The van der Waals surface area contributed by atoms with Gasteiger partial charge in [-0.05, 0) is 13.0 Å². The maximum absolute atomic E-state index is 12.6. The van der Waals surface area contributed by atoms with Crippen LogP contribution in [-0.2, 0) is 13.1 Å². The van der Waals surface area contributed by atoms with Gasteiger partial charge in [0.25, 0.3) is 0 Å². The number of carbonyl (C=O) groups is 2. The average Bonchev–Trinajstić information content (AvgIpc) is 2.88. The van der Waals surface area contributed by atoms with Crippen molar-refractivity contribution >= 4 is 12.0 Å². The van der Waals surface area contributed by atoms with E-state index >= 15 is 0 Å². The molecule has 1 N–H and O–H groups in total. The van der Waals surface area contributed by atoms with E-state index in [1.807, 2.05) is 6.92 Å². The normalized spacial score (nSPS) is 16.8. The van der Waals surface area contributed by atoms with Gasteiger partial charge in [0.15, 0.2) is 5.69 Å². The van der Waals surface area contributed by atoms with Gasteiger partial charge >= 0.3 is 12.0 Å². The second-order valence-electron chi connectivity index (χ2n) is 5.25. The van der Waals surface area contributed by atoms with E-state index in [9.17, 15) is 9.59 Å². The molecule has 1 aliphatic heterocycles. The van der Waals surface area contributed by atoms with Crippen LogP contribution >= 0.6 is 0 Å². The molecular formula is C15H20N4O3. The molecule has 7 heteroatoms. The van der Waals surface area contributed by atoms with Crippen LogP contribution in [0.15, 0.2) is 31.4 Å². The Balaban J connectivity index is 2.21. The number of rotatable bonds is 5. The molecule has 2 amide bonds. The number of aromatic carboxylic acids is 1. The Morgan fingerprint density at radius 1 is 1.45 bits per heavy atom. The van der Waals surface area contributed by atoms with Gasteiger partial charge in [0.05, 0.1) is 24.8 Å². The first kappa shape index (κ1) is 15.8. The molecule has 2 rings (SSSR count). The highest BCUT2D eigenvalue weighted by molar-refractivity contribution is 5.85. The number of hydrogen-bond donors (Lipinski definition) is 1. The molecule has 1 aliphatic rings. The first-order valence-electron chi connectivity index (χ1n) is 7.05. The number of carboxylic acids is 1. The van der Waals surface area contributed by atoms with E-state index in [-0.39, 0.29) is 17.8 Å². The van der Waals surface area contributed by atoms with Crippen LogP contribution in [0.4, 0.5) is 4.79 Å². The number of aromatic nitrogens is 2. The number of carboxylic acid groups (broad SMARTS) is 1. The second-order valence-corrected chi connectivity index (χ2v) is 5.25. The van der Waals surface area contributed by atoms with Gasteiger partial charge in [0.2, 0.25) is 0 Å². The van der Waals surface area contributed by atoms with Crippen molar-refractivity contribution in [3.63, 3.8) is 0 Å². The van der Waals surface area contributed by atoms with Crippen molar-refractivity contribution < 1.29 is 14.7 Å². The van der Waals surface area contributed by atoms with Crippen LogP contribution in [0.3, 0.4) is 0 Å². The zero-order chi connectivity index (χ0) is 16.3. The fourth-order valence-electron chi connectivity index (χ4n) is 2.50. The summed E-state index contributed by atoms with van der Waals surface area (Å²) in [6, 6.07) is 1.33. The van der Waals surface area contributed by atoms with Gasteiger partial charge in [-0.25, -0.2) is 9.59 Å². The second kappa shape index (κ2) is 6.46. The summed E-state index contributed by atoms with van der Waals surface area (Å²) in [4.78, 5) is 27.0. The molecule has 7 nitrogen and oxygen atoms in total. The summed E-state index contributed by atoms with van der Waals surface area (Å²) in [5, 5.41) is 13.1. The van der Waals surface area contributed by atoms with Crippen LogP contribution in [0, 0.1) is 0 Å². The topological polar surface area (TPSA) is 78.7 Å². The third-order valence-corrected chi connectivity index (χ3v) is 3.60. The molecule has 0 aliphatic carbocycles. The summed E-state index contributed by atoms with van der Waals surface area (Å²) in [6.45, 7) is 10.9. The summed E-state index contributed by atoms with van der Waals surface area (Å²) in [7, 11) is 0. The van der Waals surface area contributed by atoms with Gasteiger partial charge < -0.3 is 14.9 Å². The number of urea groups is 1. The predicted octanol–water partition coefficient (Wildman–Crippen LogP) is 1.58. The first-order chi connectivity index (χ1) is 10.5. The molecule has 22 heavy (non-hydrogen) atoms.